The number of carbonyl (C=O) groups excluding carboxylic acids is 1. The first-order valence-electron chi connectivity index (χ1n) is 6.63. The molecule has 0 saturated carbocycles. The Morgan fingerprint density at radius 2 is 2.05 bits per heavy atom. The summed E-state index contributed by atoms with van der Waals surface area (Å²) in [5.74, 6) is 0.523. The number of nitrogens with zero attached hydrogens (tertiary/aromatic N) is 2. The predicted octanol–water partition coefficient (Wildman–Crippen LogP) is 2.33. The predicted molar refractivity (Wildman–Crippen MR) is 75.0 cm³/mol. The van der Waals surface area contributed by atoms with Crippen LogP contribution < -0.4 is 0 Å². The van der Waals surface area contributed by atoms with E-state index >= 15 is 0 Å². The second-order valence-electron chi connectivity index (χ2n) is 5.33. The van der Waals surface area contributed by atoms with Crippen LogP contribution in [0.15, 0.2) is 24.3 Å². The first-order chi connectivity index (χ1) is 8.93. The Bertz CT molecular complexity index is 594. The van der Waals surface area contributed by atoms with E-state index in [-0.39, 0.29) is 12.2 Å². The van der Waals surface area contributed by atoms with Crippen LogP contribution in [0.3, 0.4) is 0 Å². The number of aromatic nitrogens is 2. The highest BCUT2D eigenvalue weighted by Gasteiger charge is 2.25. The minimum absolute atomic E-state index is 0.165. The average Bonchev–Trinajstić information content (AvgIpc) is 2.67. The smallest absolute Gasteiger partial charge is 0.171 e. The lowest BCUT2D eigenvalue weighted by Gasteiger charge is -2.15. The largest absolute Gasteiger partial charge is 0.383 e. The van der Waals surface area contributed by atoms with Crippen LogP contribution >= 0.6 is 0 Å². The molecule has 1 N–H and O–H groups in total. The summed E-state index contributed by atoms with van der Waals surface area (Å²) in [5, 5.41) is 9.76. The van der Waals surface area contributed by atoms with Gasteiger partial charge in [-0.05, 0) is 32.4 Å². The summed E-state index contributed by atoms with van der Waals surface area (Å²) in [6.45, 7) is 5.95. The SMILES string of the molecule is CCCn1c(CC(=O)C(C)(C)O)nc2ccccc21. The maximum atomic E-state index is 12.0. The van der Waals surface area contributed by atoms with Gasteiger partial charge in [0.25, 0.3) is 0 Å². The van der Waals surface area contributed by atoms with E-state index in [0.717, 1.165) is 29.8 Å². The summed E-state index contributed by atoms with van der Waals surface area (Å²) in [7, 11) is 0. The van der Waals surface area contributed by atoms with Gasteiger partial charge in [-0.25, -0.2) is 4.98 Å². The molecular weight excluding hydrogens is 240 g/mol. The Morgan fingerprint density at radius 3 is 2.68 bits per heavy atom. The van der Waals surface area contributed by atoms with Crippen LogP contribution in [0, 0.1) is 0 Å². The molecule has 1 heterocycles. The number of para-hydroxylation sites is 2. The Kier molecular flexibility index (Phi) is 3.71. The van der Waals surface area contributed by atoms with E-state index in [1.54, 1.807) is 0 Å². The number of hydrogen-bond donors (Lipinski definition) is 1. The lowest BCUT2D eigenvalue weighted by Crippen LogP contribution is -2.33. The molecule has 0 spiro atoms. The molecule has 4 nitrogen and oxygen atoms in total. The van der Waals surface area contributed by atoms with Gasteiger partial charge in [-0.2, -0.15) is 0 Å². The number of Topliss-reactive ketones (excluding diaryl/α,β-unsaturated/α-hetero) is 1. The first kappa shape index (κ1) is 13.7. The summed E-state index contributed by atoms with van der Waals surface area (Å²) in [6, 6.07) is 7.86. The van der Waals surface area contributed by atoms with E-state index < -0.39 is 5.60 Å². The van der Waals surface area contributed by atoms with Crippen LogP contribution in [0.25, 0.3) is 11.0 Å². The summed E-state index contributed by atoms with van der Waals surface area (Å²) >= 11 is 0. The molecule has 1 aromatic heterocycles. The van der Waals surface area contributed by atoms with Crippen molar-refractivity contribution in [3.63, 3.8) is 0 Å². The van der Waals surface area contributed by atoms with Crippen LogP contribution in [0.5, 0.6) is 0 Å². The molecule has 0 aliphatic carbocycles. The molecule has 2 rings (SSSR count). The van der Waals surface area contributed by atoms with E-state index in [0.29, 0.717) is 0 Å². The van der Waals surface area contributed by atoms with E-state index in [1.165, 1.54) is 13.8 Å². The zero-order chi connectivity index (χ0) is 14.0. The van der Waals surface area contributed by atoms with Crippen molar-refractivity contribution in [1.82, 2.24) is 9.55 Å². The normalized spacial score (nSPS) is 12.0. The fraction of sp³-hybridized carbons (Fsp3) is 0.467. The van der Waals surface area contributed by atoms with Crippen LogP contribution in [-0.2, 0) is 17.8 Å². The summed E-state index contributed by atoms with van der Waals surface area (Å²) in [5.41, 5.74) is 0.632. The van der Waals surface area contributed by atoms with Crippen LogP contribution in [0.4, 0.5) is 0 Å². The van der Waals surface area contributed by atoms with Gasteiger partial charge in [-0.1, -0.05) is 19.1 Å². The summed E-state index contributed by atoms with van der Waals surface area (Å²) < 4.78 is 2.07. The van der Waals surface area contributed by atoms with Crippen LogP contribution in [0.1, 0.15) is 33.0 Å². The molecule has 19 heavy (non-hydrogen) atoms. The number of carbonyl (C=O) groups is 1. The minimum atomic E-state index is -1.31. The highest BCUT2D eigenvalue weighted by atomic mass is 16.3. The number of aliphatic hydroxyl groups is 1. The van der Waals surface area contributed by atoms with Gasteiger partial charge in [-0.3, -0.25) is 4.79 Å². The molecule has 0 fully saturated rings. The van der Waals surface area contributed by atoms with E-state index in [9.17, 15) is 9.90 Å². The molecule has 102 valence electrons. The van der Waals surface area contributed by atoms with Crippen molar-refractivity contribution in [1.29, 1.82) is 0 Å². The van der Waals surface area contributed by atoms with Crippen LogP contribution in [-0.4, -0.2) is 26.0 Å². The third-order valence-electron chi connectivity index (χ3n) is 3.18. The van der Waals surface area contributed by atoms with Crippen molar-refractivity contribution in [2.75, 3.05) is 0 Å². The Morgan fingerprint density at radius 1 is 1.37 bits per heavy atom. The lowest BCUT2D eigenvalue weighted by atomic mass is 10.0. The molecule has 0 atom stereocenters. The lowest BCUT2D eigenvalue weighted by molar-refractivity contribution is -0.133. The highest BCUT2D eigenvalue weighted by Crippen LogP contribution is 2.18. The second kappa shape index (κ2) is 5.13. The fourth-order valence-corrected chi connectivity index (χ4v) is 2.09. The number of aryl methyl sites for hydroxylation is 1. The monoisotopic (exact) mass is 260 g/mol. The van der Waals surface area contributed by atoms with E-state index in [2.05, 4.69) is 16.5 Å². The van der Waals surface area contributed by atoms with Gasteiger partial charge in [-0.15, -0.1) is 0 Å². The number of ketones is 1. The molecule has 0 amide bonds. The fourth-order valence-electron chi connectivity index (χ4n) is 2.09. The number of rotatable bonds is 5. The molecule has 2 aromatic rings. The van der Waals surface area contributed by atoms with Gasteiger partial charge in [0.1, 0.15) is 11.4 Å². The Labute approximate surface area is 113 Å². The third-order valence-corrected chi connectivity index (χ3v) is 3.18. The standard InChI is InChI=1S/C15H20N2O2/c1-4-9-17-12-8-6-5-7-11(12)16-14(17)10-13(18)15(2,3)19/h5-8,19H,4,9-10H2,1-3H3. The van der Waals surface area contributed by atoms with Crippen molar-refractivity contribution in [2.24, 2.45) is 0 Å². The van der Waals surface area contributed by atoms with Gasteiger partial charge in [0.05, 0.1) is 17.5 Å². The number of imidazole rings is 1. The maximum Gasteiger partial charge on any atom is 0.171 e. The van der Waals surface area contributed by atoms with Gasteiger partial charge in [0.15, 0.2) is 5.78 Å². The number of hydrogen-bond acceptors (Lipinski definition) is 3. The summed E-state index contributed by atoms with van der Waals surface area (Å²) in [4.78, 5) is 16.5. The van der Waals surface area contributed by atoms with Crippen molar-refractivity contribution in [3.05, 3.63) is 30.1 Å². The van der Waals surface area contributed by atoms with Crippen molar-refractivity contribution < 1.29 is 9.90 Å². The van der Waals surface area contributed by atoms with Gasteiger partial charge in [0, 0.05) is 6.54 Å². The highest BCUT2D eigenvalue weighted by molar-refractivity contribution is 5.88. The molecular formula is C15H20N2O2. The third kappa shape index (κ3) is 2.84. The molecule has 0 aliphatic rings. The molecule has 0 unspecified atom stereocenters. The zero-order valence-corrected chi connectivity index (χ0v) is 11.7. The average molecular weight is 260 g/mol. The van der Waals surface area contributed by atoms with Gasteiger partial charge < -0.3 is 9.67 Å². The molecule has 0 aliphatic heterocycles. The van der Waals surface area contributed by atoms with E-state index in [1.807, 2.05) is 24.3 Å². The Balaban J connectivity index is 2.42. The number of fused-ring (bicyclic) bond motifs is 1. The number of benzene rings is 1. The van der Waals surface area contributed by atoms with Crippen LogP contribution in [0.2, 0.25) is 0 Å². The van der Waals surface area contributed by atoms with Crippen molar-refractivity contribution in [3.8, 4) is 0 Å². The molecule has 1 aromatic carbocycles. The Hall–Kier alpha value is -1.68. The zero-order valence-electron chi connectivity index (χ0n) is 11.7. The van der Waals surface area contributed by atoms with Gasteiger partial charge in [0.2, 0.25) is 0 Å². The minimum Gasteiger partial charge on any atom is -0.383 e. The maximum absolute atomic E-state index is 12.0. The first-order valence-corrected chi connectivity index (χ1v) is 6.63. The van der Waals surface area contributed by atoms with Crippen molar-refractivity contribution in [2.45, 2.75) is 45.8 Å². The van der Waals surface area contributed by atoms with Crippen molar-refractivity contribution >= 4 is 16.8 Å². The van der Waals surface area contributed by atoms with Gasteiger partial charge >= 0.3 is 0 Å². The van der Waals surface area contributed by atoms with E-state index in [4.69, 9.17) is 0 Å². The quantitative estimate of drug-likeness (QED) is 0.897. The summed E-state index contributed by atoms with van der Waals surface area (Å²) in [6.07, 6.45) is 1.14. The molecule has 0 saturated heterocycles. The topological polar surface area (TPSA) is 55.1 Å². The second-order valence-corrected chi connectivity index (χ2v) is 5.33. The molecule has 0 bridgehead atoms. The molecule has 4 heteroatoms. The molecule has 0 radical (unpaired) electrons.